The second-order valence-electron chi connectivity index (χ2n) is 6.27. The number of benzene rings is 2. The molecule has 2 N–H and O–H groups in total. The maximum Gasteiger partial charge on any atom is 0.0491 e. The minimum Gasteiger partial charge on any atom is -0.343 e. The highest BCUT2D eigenvalue weighted by atomic mass is 35.5. The summed E-state index contributed by atoms with van der Waals surface area (Å²) in [5.74, 6) is 0. The normalized spacial score (nSPS) is 11.3. The van der Waals surface area contributed by atoms with Crippen LogP contribution in [0.25, 0.3) is 10.9 Å². The van der Waals surface area contributed by atoms with Gasteiger partial charge < -0.3 is 15.2 Å². The molecule has 0 radical (unpaired) electrons. The lowest BCUT2D eigenvalue weighted by atomic mass is 10.2. The lowest BCUT2D eigenvalue weighted by Crippen LogP contribution is -2.21. The molecular weight excluding hydrogens is 330 g/mol. The molecule has 0 amide bonds. The zero-order valence-electron chi connectivity index (χ0n) is 14.8. The zero-order chi connectivity index (χ0) is 17.5. The summed E-state index contributed by atoms with van der Waals surface area (Å²) in [6.07, 6.45) is 3.40. The Labute approximate surface area is 155 Å². The van der Waals surface area contributed by atoms with Gasteiger partial charge in [-0.05, 0) is 49.3 Å². The average molecular weight is 356 g/mol. The van der Waals surface area contributed by atoms with Gasteiger partial charge in [0.1, 0.15) is 0 Å². The summed E-state index contributed by atoms with van der Waals surface area (Å²) in [6.45, 7) is 6.95. The number of hydrogen-bond donors (Lipinski definition) is 2. The number of nitrogens with one attached hydrogen (secondary N) is 2. The SMILES string of the molecule is CCNCCCNCc1cn(Cc2ccccc2Cl)c2ccccc12. The summed E-state index contributed by atoms with van der Waals surface area (Å²) in [5, 5.41) is 9.05. The van der Waals surface area contributed by atoms with Crippen molar-refractivity contribution in [1.29, 1.82) is 0 Å². The molecule has 1 aromatic heterocycles. The van der Waals surface area contributed by atoms with Gasteiger partial charge in [-0.25, -0.2) is 0 Å². The van der Waals surface area contributed by atoms with E-state index in [0.717, 1.165) is 49.7 Å². The Hall–Kier alpha value is -1.81. The fourth-order valence-electron chi connectivity index (χ4n) is 3.14. The second kappa shape index (κ2) is 9.04. The first-order valence-corrected chi connectivity index (χ1v) is 9.39. The quantitative estimate of drug-likeness (QED) is 0.556. The number of fused-ring (bicyclic) bond motifs is 1. The molecule has 0 atom stereocenters. The summed E-state index contributed by atoms with van der Waals surface area (Å²) in [5.41, 5.74) is 3.74. The summed E-state index contributed by atoms with van der Waals surface area (Å²) >= 11 is 6.34. The van der Waals surface area contributed by atoms with Crippen molar-refractivity contribution in [2.45, 2.75) is 26.4 Å². The molecular formula is C21H26ClN3. The standard InChI is InChI=1S/C21H26ClN3/c1-2-23-12-7-13-24-14-18-16-25(21-11-6-4-9-19(18)21)15-17-8-3-5-10-20(17)22/h3-6,8-11,16,23-24H,2,7,12-15H2,1H3. The molecule has 0 aliphatic rings. The van der Waals surface area contributed by atoms with Gasteiger partial charge in [0, 0.05) is 35.2 Å². The fraction of sp³-hybridized carbons (Fsp3) is 0.333. The van der Waals surface area contributed by atoms with E-state index in [9.17, 15) is 0 Å². The van der Waals surface area contributed by atoms with Gasteiger partial charge in [-0.1, -0.05) is 54.9 Å². The number of hydrogen-bond acceptors (Lipinski definition) is 2. The monoisotopic (exact) mass is 355 g/mol. The first kappa shape index (κ1) is 18.0. The lowest BCUT2D eigenvalue weighted by molar-refractivity contribution is 0.606. The fourth-order valence-corrected chi connectivity index (χ4v) is 3.34. The first-order valence-electron chi connectivity index (χ1n) is 9.01. The average Bonchev–Trinajstić information content (AvgIpc) is 2.98. The van der Waals surface area contributed by atoms with Gasteiger partial charge in [-0.15, -0.1) is 0 Å². The summed E-state index contributed by atoms with van der Waals surface area (Å²) in [7, 11) is 0. The predicted molar refractivity (Wildman–Crippen MR) is 107 cm³/mol. The molecule has 0 aliphatic heterocycles. The molecule has 3 nitrogen and oxygen atoms in total. The van der Waals surface area contributed by atoms with Crippen LogP contribution in [0.1, 0.15) is 24.5 Å². The van der Waals surface area contributed by atoms with Crippen LogP contribution >= 0.6 is 11.6 Å². The van der Waals surface area contributed by atoms with Gasteiger partial charge in [-0.2, -0.15) is 0 Å². The van der Waals surface area contributed by atoms with E-state index >= 15 is 0 Å². The van der Waals surface area contributed by atoms with Crippen molar-refractivity contribution in [1.82, 2.24) is 15.2 Å². The second-order valence-corrected chi connectivity index (χ2v) is 6.68. The molecule has 1 heterocycles. The van der Waals surface area contributed by atoms with Crippen molar-refractivity contribution in [2.24, 2.45) is 0 Å². The molecule has 25 heavy (non-hydrogen) atoms. The summed E-state index contributed by atoms with van der Waals surface area (Å²) in [6, 6.07) is 16.7. The molecule has 0 aliphatic carbocycles. The number of halogens is 1. The molecule has 0 unspecified atom stereocenters. The third-order valence-electron chi connectivity index (χ3n) is 4.44. The minimum absolute atomic E-state index is 0.792. The number of rotatable bonds is 9. The van der Waals surface area contributed by atoms with E-state index in [1.54, 1.807) is 0 Å². The third-order valence-corrected chi connectivity index (χ3v) is 4.81. The molecule has 3 aromatic rings. The smallest absolute Gasteiger partial charge is 0.0491 e. The van der Waals surface area contributed by atoms with E-state index < -0.39 is 0 Å². The largest absolute Gasteiger partial charge is 0.343 e. The van der Waals surface area contributed by atoms with Crippen molar-refractivity contribution >= 4 is 22.5 Å². The van der Waals surface area contributed by atoms with Crippen LogP contribution in [0.5, 0.6) is 0 Å². The van der Waals surface area contributed by atoms with E-state index in [2.05, 4.69) is 58.7 Å². The number of para-hydroxylation sites is 1. The Bertz CT molecular complexity index is 810. The Morgan fingerprint density at radius 3 is 2.52 bits per heavy atom. The third kappa shape index (κ3) is 4.63. The van der Waals surface area contributed by atoms with Crippen LogP contribution in [0.2, 0.25) is 5.02 Å². The van der Waals surface area contributed by atoms with E-state index in [-0.39, 0.29) is 0 Å². The highest BCUT2D eigenvalue weighted by molar-refractivity contribution is 6.31. The molecule has 4 heteroatoms. The van der Waals surface area contributed by atoms with Gasteiger partial charge in [-0.3, -0.25) is 0 Å². The van der Waals surface area contributed by atoms with E-state index in [0.29, 0.717) is 0 Å². The Kier molecular flexibility index (Phi) is 6.51. The number of nitrogens with zero attached hydrogens (tertiary/aromatic N) is 1. The van der Waals surface area contributed by atoms with Gasteiger partial charge in [0.2, 0.25) is 0 Å². The van der Waals surface area contributed by atoms with Gasteiger partial charge in [0.25, 0.3) is 0 Å². The van der Waals surface area contributed by atoms with E-state index in [1.807, 2.05) is 18.2 Å². The minimum atomic E-state index is 0.792. The van der Waals surface area contributed by atoms with E-state index in [4.69, 9.17) is 11.6 Å². The van der Waals surface area contributed by atoms with Crippen LogP contribution in [0.4, 0.5) is 0 Å². The van der Waals surface area contributed by atoms with Crippen LogP contribution < -0.4 is 10.6 Å². The van der Waals surface area contributed by atoms with Crippen LogP contribution in [0.3, 0.4) is 0 Å². The molecule has 0 bridgehead atoms. The lowest BCUT2D eigenvalue weighted by Gasteiger charge is -2.07. The van der Waals surface area contributed by atoms with Crippen molar-refractivity contribution in [3.8, 4) is 0 Å². The van der Waals surface area contributed by atoms with E-state index in [1.165, 1.54) is 16.5 Å². The van der Waals surface area contributed by atoms with Gasteiger partial charge >= 0.3 is 0 Å². The van der Waals surface area contributed by atoms with Gasteiger partial charge in [0.15, 0.2) is 0 Å². The van der Waals surface area contributed by atoms with Crippen molar-refractivity contribution in [2.75, 3.05) is 19.6 Å². The molecule has 132 valence electrons. The van der Waals surface area contributed by atoms with Crippen LogP contribution in [-0.2, 0) is 13.1 Å². The van der Waals surface area contributed by atoms with Crippen LogP contribution in [-0.4, -0.2) is 24.2 Å². The maximum absolute atomic E-state index is 6.34. The summed E-state index contributed by atoms with van der Waals surface area (Å²) < 4.78 is 2.30. The highest BCUT2D eigenvalue weighted by Crippen LogP contribution is 2.24. The molecule has 0 saturated heterocycles. The van der Waals surface area contributed by atoms with Crippen LogP contribution in [0, 0.1) is 0 Å². The Balaban J connectivity index is 1.73. The first-order chi connectivity index (χ1) is 12.3. The number of aromatic nitrogens is 1. The molecule has 3 rings (SSSR count). The van der Waals surface area contributed by atoms with Crippen molar-refractivity contribution in [3.63, 3.8) is 0 Å². The Morgan fingerprint density at radius 1 is 0.920 bits per heavy atom. The molecule has 0 fully saturated rings. The zero-order valence-corrected chi connectivity index (χ0v) is 15.5. The molecule has 0 spiro atoms. The van der Waals surface area contributed by atoms with Crippen molar-refractivity contribution in [3.05, 3.63) is 70.9 Å². The Morgan fingerprint density at radius 2 is 1.68 bits per heavy atom. The molecule has 0 saturated carbocycles. The highest BCUT2D eigenvalue weighted by Gasteiger charge is 2.09. The summed E-state index contributed by atoms with van der Waals surface area (Å²) in [4.78, 5) is 0. The topological polar surface area (TPSA) is 29.0 Å². The maximum atomic E-state index is 6.34. The van der Waals surface area contributed by atoms with Crippen molar-refractivity contribution < 1.29 is 0 Å². The van der Waals surface area contributed by atoms with Gasteiger partial charge in [0.05, 0.1) is 0 Å². The molecule has 2 aromatic carbocycles. The van der Waals surface area contributed by atoms with Crippen LogP contribution in [0.15, 0.2) is 54.7 Å². The predicted octanol–water partition coefficient (Wildman–Crippen LogP) is 4.43.